The molecule has 1 fully saturated rings. The van der Waals surface area contributed by atoms with E-state index in [1.807, 2.05) is 6.92 Å². The van der Waals surface area contributed by atoms with Gasteiger partial charge in [-0.15, -0.1) is 0 Å². The Kier molecular flexibility index (Phi) is 2.69. The summed E-state index contributed by atoms with van der Waals surface area (Å²) in [4.78, 5) is 0. The molecular weight excluding hydrogens is 128 g/mol. The number of hydrogen-bond acceptors (Lipinski definition) is 2. The van der Waals surface area contributed by atoms with E-state index in [2.05, 4.69) is 0 Å². The minimum Gasteiger partial charge on any atom is -0.391 e. The van der Waals surface area contributed by atoms with E-state index in [9.17, 15) is 0 Å². The summed E-state index contributed by atoms with van der Waals surface area (Å²) >= 11 is 0. The highest BCUT2D eigenvalue weighted by molar-refractivity contribution is 4.73. The number of ether oxygens (including phenoxy) is 1. The Morgan fingerprint density at radius 3 is 2.50 bits per heavy atom. The molecule has 0 spiro atoms. The van der Waals surface area contributed by atoms with Crippen LogP contribution in [-0.2, 0) is 4.74 Å². The van der Waals surface area contributed by atoms with Crippen molar-refractivity contribution in [3.05, 3.63) is 0 Å². The van der Waals surface area contributed by atoms with Crippen molar-refractivity contribution in [1.82, 2.24) is 0 Å². The number of aliphatic hydroxyl groups is 1. The van der Waals surface area contributed by atoms with Crippen LogP contribution >= 0.6 is 0 Å². The third-order valence-corrected chi connectivity index (χ3v) is 1.97. The minimum atomic E-state index is -0.334. The van der Waals surface area contributed by atoms with E-state index < -0.39 is 0 Å². The highest BCUT2D eigenvalue weighted by atomic mass is 16.5. The standard InChI is InChI=1S/C8H16O2/c1-6(9)7(2)10-5-8-3-4-8/h6-9H,3-5H2,1-2H3. The van der Waals surface area contributed by atoms with E-state index in [0.29, 0.717) is 0 Å². The van der Waals surface area contributed by atoms with Crippen molar-refractivity contribution in [1.29, 1.82) is 0 Å². The van der Waals surface area contributed by atoms with Crippen molar-refractivity contribution < 1.29 is 9.84 Å². The Morgan fingerprint density at radius 1 is 1.50 bits per heavy atom. The molecule has 0 heterocycles. The lowest BCUT2D eigenvalue weighted by atomic mass is 10.2. The molecule has 1 aliphatic carbocycles. The summed E-state index contributed by atoms with van der Waals surface area (Å²) in [5, 5.41) is 9.03. The van der Waals surface area contributed by atoms with Crippen LogP contribution in [0, 0.1) is 5.92 Å². The van der Waals surface area contributed by atoms with Crippen LogP contribution in [0.5, 0.6) is 0 Å². The van der Waals surface area contributed by atoms with Crippen LogP contribution in [0.15, 0.2) is 0 Å². The average molecular weight is 144 g/mol. The molecule has 1 aliphatic rings. The van der Waals surface area contributed by atoms with Crippen molar-refractivity contribution in [2.75, 3.05) is 6.61 Å². The predicted octanol–water partition coefficient (Wildman–Crippen LogP) is 1.18. The Balaban J connectivity index is 1.99. The van der Waals surface area contributed by atoms with Crippen LogP contribution in [0.25, 0.3) is 0 Å². The summed E-state index contributed by atoms with van der Waals surface area (Å²) in [6, 6.07) is 0. The first-order chi connectivity index (χ1) is 4.70. The number of rotatable bonds is 4. The van der Waals surface area contributed by atoms with Gasteiger partial charge in [0.15, 0.2) is 0 Å². The van der Waals surface area contributed by atoms with Gasteiger partial charge < -0.3 is 9.84 Å². The molecule has 0 saturated heterocycles. The summed E-state index contributed by atoms with van der Waals surface area (Å²) in [5.74, 6) is 0.793. The lowest BCUT2D eigenvalue weighted by molar-refractivity contribution is -0.0222. The lowest BCUT2D eigenvalue weighted by Gasteiger charge is -2.14. The average Bonchev–Trinajstić information content (AvgIpc) is 2.64. The van der Waals surface area contributed by atoms with E-state index in [4.69, 9.17) is 9.84 Å². The van der Waals surface area contributed by atoms with Crippen LogP contribution in [0.3, 0.4) is 0 Å². The highest BCUT2D eigenvalue weighted by Crippen LogP contribution is 2.29. The molecule has 2 unspecified atom stereocenters. The quantitative estimate of drug-likeness (QED) is 0.642. The maximum Gasteiger partial charge on any atom is 0.0803 e. The van der Waals surface area contributed by atoms with E-state index >= 15 is 0 Å². The third-order valence-electron chi connectivity index (χ3n) is 1.97. The first-order valence-corrected chi connectivity index (χ1v) is 4.00. The maximum absolute atomic E-state index is 9.03. The van der Waals surface area contributed by atoms with E-state index in [0.717, 1.165) is 12.5 Å². The fourth-order valence-electron chi connectivity index (χ4n) is 0.712. The van der Waals surface area contributed by atoms with Gasteiger partial charge in [0, 0.05) is 6.61 Å². The summed E-state index contributed by atoms with van der Waals surface area (Å²) in [6.45, 7) is 4.51. The van der Waals surface area contributed by atoms with Crippen LogP contribution in [0.4, 0.5) is 0 Å². The van der Waals surface area contributed by atoms with Gasteiger partial charge in [-0.05, 0) is 32.6 Å². The van der Waals surface area contributed by atoms with E-state index in [1.54, 1.807) is 6.92 Å². The lowest BCUT2D eigenvalue weighted by Crippen LogP contribution is -2.23. The molecule has 2 heteroatoms. The van der Waals surface area contributed by atoms with Gasteiger partial charge in [0.2, 0.25) is 0 Å². The predicted molar refractivity (Wildman–Crippen MR) is 39.8 cm³/mol. The van der Waals surface area contributed by atoms with Gasteiger partial charge in [-0.1, -0.05) is 0 Å². The van der Waals surface area contributed by atoms with Crippen LogP contribution < -0.4 is 0 Å². The second kappa shape index (κ2) is 3.35. The monoisotopic (exact) mass is 144 g/mol. The molecule has 1 rings (SSSR count). The first-order valence-electron chi connectivity index (χ1n) is 4.00. The molecule has 60 valence electrons. The smallest absolute Gasteiger partial charge is 0.0803 e. The summed E-state index contributed by atoms with van der Waals surface area (Å²) in [6.07, 6.45) is 2.29. The van der Waals surface area contributed by atoms with Gasteiger partial charge in [0.05, 0.1) is 12.2 Å². The Labute approximate surface area is 62.2 Å². The normalized spacial score (nSPS) is 24.3. The molecule has 1 saturated carbocycles. The molecule has 2 atom stereocenters. The highest BCUT2D eigenvalue weighted by Gasteiger charge is 2.22. The van der Waals surface area contributed by atoms with Crippen LogP contribution in [0.2, 0.25) is 0 Å². The molecule has 0 radical (unpaired) electrons. The molecule has 0 aromatic heterocycles. The third kappa shape index (κ3) is 2.67. The van der Waals surface area contributed by atoms with Gasteiger partial charge in [-0.2, -0.15) is 0 Å². The molecule has 0 bridgehead atoms. The Bertz CT molecular complexity index is 97.4. The molecule has 0 aromatic carbocycles. The van der Waals surface area contributed by atoms with Gasteiger partial charge >= 0.3 is 0 Å². The summed E-state index contributed by atoms with van der Waals surface area (Å²) < 4.78 is 5.38. The van der Waals surface area contributed by atoms with Crippen molar-refractivity contribution in [2.45, 2.75) is 38.9 Å². The summed E-state index contributed by atoms with van der Waals surface area (Å²) in [7, 11) is 0. The van der Waals surface area contributed by atoms with Crippen molar-refractivity contribution >= 4 is 0 Å². The zero-order valence-corrected chi connectivity index (χ0v) is 6.71. The largest absolute Gasteiger partial charge is 0.391 e. The molecular formula is C8H16O2. The SMILES string of the molecule is CC(O)C(C)OCC1CC1. The molecule has 10 heavy (non-hydrogen) atoms. The van der Waals surface area contributed by atoms with Gasteiger partial charge in [0.1, 0.15) is 0 Å². The molecule has 0 aromatic rings. The zero-order chi connectivity index (χ0) is 7.56. The summed E-state index contributed by atoms with van der Waals surface area (Å²) in [5.41, 5.74) is 0. The van der Waals surface area contributed by atoms with Gasteiger partial charge in [0.25, 0.3) is 0 Å². The van der Waals surface area contributed by atoms with Crippen LogP contribution in [-0.4, -0.2) is 23.9 Å². The molecule has 0 amide bonds. The van der Waals surface area contributed by atoms with Crippen molar-refractivity contribution in [2.24, 2.45) is 5.92 Å². The fraction of sp³-hybridized carbons (Fsp3) is 1.00. The van der Waals surface area contributed by atoms with Gasteiger partial charge in [-0.3, -0.25) is 0 Å². The minimum absolute atomic E-state index is 0.000556. The van der Waals surface area contributed by atoms with Crippen molar-refractivity contribution in [3.63, 3.8) is 0 Å². The van der Waals surface area contributed by atoms with E-state index in [1.165, 1.54) is 12.8 Å². The number of hydrogen-bond donors (Lipinski definition) is 1. The fourth-order valence-corrected chi connectivity index (χ4v) is 0.712. The Hall–Kier alpha value is -0.0800. The first kappa shape index (κ1) is 8.02. The molecule has 0 aliphatic heterocycles. The van der Waals surface area contributed by atoms with Crippen molar-refractivity contribution in [3.8, 4) is 0 Å². The second-order valence-corrected chi connectivity index (χ2v) is 3.22. The van der Waals surface area contributed by atoms with Gasteiger partial charge in [-0.25, -0.2) is 0 Å². The molecule has 1 N–H and O–H groups in total. The van der Waals surface area contributed by atoms with Crippen LogP contribution in [0.1, 0.15) is 26.7 Å². The number of aliphatic hydroxyl groups excluding tert-OH is 1. The zero-order valence-electron chi connectivity index (χ0n) is 6.71. The maximum atomic E-state index is 9.03. The topological polar surface area (TPSA) is 29.5 Å². The Morgan fingerprint density at radius 2 is 2.10 bits per heavy atom. The molecule has 2 nitrogen and oxygen atoms in total. The second-order valence-electron chi connectivity index (χ2n) is 3.22. The van der Waals surface area contributed by atoms with E-state index in [-0.39, 0.29) is 12.2 Å².